The lowest BCUT2D eigenvalue weighted by Gasteiger charge is -1.98. The Morgan fingerprint density at radius 2 is 2.14 bits per heavy atom. The van der Waals surface area contributed by atoms with Crippen LogP contribution < -0.4 is 5.43 Å². The first kappa shape index (κ1) is 10.2. The van der Waals surface area contributed by atoms with Gasteiger partial charge in [0.25, 0.3) is 0 Å². The van der Waals surface area contributed by atoms with Crippen molar-refractivity contribution >= 4 is 12.1 Å². The molecule has 0 aliphatic heterocycles. The van der Waals surface area contributed by atoms with E-state index in [1.54, 1.807) is 0 Å². The fourth-order valence-electron chi connectivity index (χ4n) is 0.983. The van der Waals surface area contributed by atoms with E-state index in [0.717, 1.165) is 5.56 Å². The number of allylic oxidation sites excluding steroid dienone is 1. The van der Waals surface area contributed by atoms with Crippen LogP contribution in [0.1, 0.15) is 5.56 Å². The first-order chi connectivity index (χ1) is 6.83. The average molecular weight is 188 g/mol. The van der Waals surface area contributed by atoms with Gasteiger partial charge in [-0.15, -0.1) is 0 Å². The molecular weight excluding hydrogens is 176 g/mol. The molecule has 0 atom stereocenters. The van der Waals surface area contributed by atoms with E-state index in [-0.39, 0.29) is 5.91 Å². The maximum Gasteiger partial charge on any atom is 0.244 e. The van der Waals surface area contributed by atoms with Crippen molar-refractivity contribution in [2.45, 2.75) is 6.42 Å². The van der Waals surface area contributed by atoms with Crippen molar-refractivity contribution in [3.8, 4) is 0 Å². The number of nitrogens with one attached hydrogen (secondary N) is 1. The van der Waals surface area contributed by atoms with Crippen LogP contribution in [-0.4, -0.2) is 12.1 Å². The molecule has 0 aliphatic rings. The molecule has 0 aromatic heterocycles. The molecule has 0 spiro atoms. The first-order valence-corrected chi connectivity index (χ1v) is 4.30. The Morgan fingerprint density at radius 3 is 2.79 bits per heavy atom. The monoisotopic (exact) mass is 188 g/mol. The van der Waals surface area contributed by atoms with Crippen LogP contribution in [0.3, 0.4) is 0 Å². The van der Waals surface area contributed by atoms with Crippen LogP contribution in [0.2, 0.25) is 0 Å². The molecule has 1 aromatic rings. The predicted octanol–water partition coefficient (Wildman–Crippen LogP) is 1.52. The molecule has 0 radical (unpaired) electrons. The Morgan fingerprint density at radius 1 is 1.43 bits per heavy atom. The largest absolute Gasteiger partial charge is 0.273 e. The number of hydrogen-bond donors (Lipinski definition) is 1. The fourth-order valence-corrected chi connectivity index (χ4v) is 0.983. The Kier molecular flexibility index (Phi) is 4.14. The van der Waals surface area contributed by atoms with E-state index in [4.69, 9.17) is 0 Å². The smallest absolute Gasteiger partial charge is 0.244 e. The SMILES string of the molecule is C=C/C=N/NC(=O)Cc1ccccc1. The van der Waals surface area contributed by atoms with E-state index in [1.165, 1.54) is 12.3 Å². The van der Waals surface area contributed by atoms with Crippen LogP contribution in [0.4, 0.5) is 0 Å². The summed E-state index contributed by atoms with van der Waals surface area (Å²) >= 11 is 0. The molecule has 1 aromatic carbocycles. The van der Waals surface area contributed by atoms with Crippen molar-refractivity contribution in [3.05, 3.63) is 48.6 Å². The maximum absolute atomic E-state index is 11.2. The van der Waals surface area contributed by atoms with Crippen LogP contribution in [0.15, 0.2) is 48.1 Å². The minimum Gasteiger partial charge on any atom is -0.273 e. The van der Waals surface area contributed by atoms with Gasteiger partial charge in [-0.2, -0.15) is 5.10 Å². The van der Waals surface area contributed by atoms with E-state index < -0.39 is 0 Å². The van der Waals surface area contributed by atoms with Crippen LogP contribution in [0.25, 0.3) is 0 Å². The third kappa shape index (κ3) is 3.67. The highest BCUT2D eigenvalue weighted by atomic mass is 16.2. The van der Waals surface area contributed by atoms with Crippen molar-refractivity contribution in [1.29, 1.82) is 0 Å². The number of hydrazone groups is 1. The van der Waals surface area contributed by atoms with Gasteiger partial charge >= 0.3 is 0 Å². The minimum absolute atomic E-state index is 0.130. The molecule has 0 heterocycles. The molecule has 72 valence electrons. The van der Waals surface area contributed by atoms with Crippen LogP contribution in [-0.2, 0) is 11.2 Å². The third-order valence-electron chi connectivity index (χ3n) is 1.58. The molecule has 14 heavy (non-hydrogen) atoms. The highest BCUT2D eigenvalue weighted by Crippen LogP contribution is 1.98. The Bertz CT molecular complexity index is 330. The Labute approximate surface area is 83.1 Å². The molecule has 0 bridgehead atoms. The standard InChI is InChI=1S/C11H12N2O/c1-2-8-12-13-11(14)9-10-6-4-3-5-7-10/h2-8H,1,9H2,(H,13,14)/b12-8+. The summed E-state index contributed by atoms with van der Waals surface area (Å²) in [6.45, 7) is 3.44. The van der Waals surface area contributed by atoms with Gasteiger partial charge < -0.3 is 0 Å². The number of nitrogens with zero attached hydrogens (tertiary/aromatic N) is 1. The zero-order valence-corrected chi connectivity index (χ0v) is 7.81. The number of amides is 1. The van der Waals surface area contributed by atoms with Gasteiger partial charge in [0.15, 0.2) is 0 Å². The first-order valence-electron chi connectivity index (χ1n) is 4.30. The maximum atomic E-state index is 11.2. The highest BCUT2D eigenvalue weighted by molar-refractivity contribution is 5.80. The minimum atomic E-state index is -0.130. The van der Waals surface area contributed by atoms with Gasteiger partial charge in [-0.05, 0) is 11.6 Å². The molecular formula is C11H12N2O. The summed E-state index contributed by atoms with van der Waals surface area (Å²) in [7, 11) is 0. The van der Waals surface area contributed by atoms with Gasteiger partial charge in [0, 0.05) is 6.21 Å². The molecule has 0 saturated carbocycles. The summed E-state index contributed by atoms with van der Waals surface area (Å²) in [5, 5.41) is 3.64. The number of carbonyl (C=O) groups excluding carboxylic acids is 1. The van der Waals surface area contributed by atoms with Gasteiger partial charge in [-0.1, -0.05) is 36.9 Å². The van der Waals surface area contributed by atoms with E-state index in [9.17, 15) is 4.79 Å². The fraction of sp³-hybridized carbons (Fsp3) is 0.0909. The normalized spacial score (nSPS) is 10.0. The van der Waals surface area contributed by atoms with Crippen molar-refractivity contribution in [2.75, 3.05) is 0 Å². The lowest BCUT2D eigenvalue weighted by atomic mass is 10.1. The van der Waals surface area contributed by atoms with E-state index >= 15 is 0 Å². The number of benzene rings is 1. The number of hydrogen-bond acceptors (Lipinski definition) is 2. The second-order valence-electron chi connectivity index (χ2n) is 2.71. The molecule has 3 heteroatoms. The van der Waals surface area contributed by atoms with Crippen LogP contribution >= 0.6 is 0 Å². The van der Waals surface area contributed by atoms with Crippen molar-refractivity contribution in [3.63, 3.8) is 0 Å². The second kappa shape index (κ2) is 5.70. The van der Waals surface area contributed by atoms with Crippen molar-refractivity contribution < 1.29 is 4.79 Å². The quantitative estimate of drug-likeness (QED) is 0.565. The zero-order valence-electron chi connectivity index (χ0n) is 7.81. The Hall–Kier alpha value is -1.90. The summed E-state index contributed by atoms with van der Waals surface area (Å²) in [5.41, 5.74) is 3.36. The van der Waals surface area contributed by atoms with E-state index in [0.29, 0.717) is 6.42 Å². The Balaban J connectivity index is 2.42. The van der Waals surface area contributed by atoms with E-state index in [1.807, 2.05) is 30.3 Å². The van der Waals surface area contributed by atoms with Gasteiger partial charge in [0.05, 0.1) is 6.42 Å². The van der Waals surface area contributed by atoms with Crippen LogP contribution in [0.5, 0.6) is 0 Å². The van der Waals surface area contributed by atoms with Gasteiger partial charge in [0.1, 0.15) is 0 Å². The highest BCUT2D eigenvalue weighted by Gasteiger charge is 1.99. The van der Waals surface area contributed by atoms with Crippen molar-refractivity contribution in [1.82, 2.24) is 5.43 Å². The topological polar surface area (TPSA) is 41.5 Å². The molecule has 0 unspecified atom stereocenters. The van der Waals surface area contributed by atoms with E-state index in [2.05, 4.69) is 17.1 Å². The second-order valence-corrected chi connectivity index (χ2v) is 2.71. The lowest BCUT2D eigenvalue weighted by Crippen LogP contribution is -2.19. The molecule has 0 aliphatic carbocycles. The molecule has 1 N–H and O–H groups in total. The van der Waals surface area contributed by atoms with Gasteiger partial charge in [0.2, 0.25) is 5.91 Å². The molecule has 3 nitrogen and oxygen atoms in total. The molecule has 0 saturated heterocycles. The van der Waals surface area contributed by atoms with Gasteiger partial charge in [-0.3, -0.25) is 4.79 Å². The number of carbonyl (C=O) groups is 1. The van der Waals surface area contributed by atoms with Crippen molar-refractivity contribution in [2.24, 2.45) is 5.10 Å². The number of rotatable bonds is 4. The molecule has 1 rings (SSSR count). The zero-order chi connectivity index (χ0) is 10.2. The molecule has 1 amide bonds. The summed E-state index contributed by atoms with van der Waals surface area (Å²) in [5.74, 6) is -0.130. The summed E-state index contributed by atoms with van der Waals surface area (Å²) in [6.07, 6.45) is 3.28. The third-order valence-corrected chi connectivity index (χ3v) is 1.58. The molecule has 0 fully saturated rings. The summed E-state index contributed by atoms with van der Waals surface area (Å²) in [4.78, 5) is 11.2. The summed E-state index contributed by atoms with van der Waals surface area (Å²) in [6, 6.07) is 9.51. The lowest BCUT2D eigenvalue weighted by molar-refractivity contribution is -0.120. The predicted molar refractivity (Wildman–Crippen MR) is 57.0 cm³/mol. The van der Waals surface area contributed by atoms with Crippen LogP contribution in [0, 0.1) is 0 Å². The average Bonchev–Trinajstić information content (AvgIpc) is 2.20. The summed E-state index contributed by atoms with van der Waals surface area (Å²) < 4.78 is 0. The van der Waals surface area contributed by atoms with Gasteiger partial charge in [-0.25, -0.2) is 5.43 Å².